The van der Waals surface area contributed by atoms with Crippen molar-refractivity contribution in [3.63, 3.8) is 0 Å². The van der Waals surface area contributed by atoms with E-state index in [4.69, 9.17) is 0 Å². The molecule has 0 spiro atoms. The van der Waals surface area contributed by atoms with Crippen molar-refractivity contribution in [1.82, 2.24) is 0 Å². The van der Waals surface area contributed by atoms with Gasteiger partial charge in [-0.2, -0.15) is 0 Å². The summed E-state index contributed by atoms with van der Waals surface area (Å²) in [6.07, 6.45) is 2.82. The molecule has 0 aliphatic heterocycles. The molecule has 1 aliphatic rings. The van der Waals surface area contributed by atoms with Crippen LogP contribution in [0.5, 0.6) is 0 Å². The summed E-state index contributed by atoms with van der Waals surface area (Å²) in [6, 6.07) is 1.46. The Hall–Kier alpha value is -1.72. The molecule has 19 heavy (non-hydrogen) atoms. The number of nitrogens with zero attached hydrogens (tertiary/aromatic N) is 1. The van der Waals surface area contributed by atoms with Crippen molar-refractivity contribution in [2.24, 2.45) is 5.41 Å². The van der Waals surface area contributed by atoms with Crippen LogP contribution in [0, 0.1) is 27.2 Å². The van der Waals surface area contributed by atoms with Crippen molar-refractivity contribution in [3.05, 3.63) is 33.9 Å². The quantitative estimate of drug-likeness (QED) is 0.670. The molecule has 0 heterocycles. The number of rotatable bonds is 3. The number of nitrogens with one attached hydrogen (secondary N) is 1. The molecule has 0 amide bonds. The van der Waals surface area contributed by atoms with Crippen LogP contribution in [0.25, 0.3) is 0 Å². The Bertz CT molecular complexity index is 494. The molecule has 0 saturated heterocycles. The van der Waals surface area contributed by atoms with Crippen LogP contribution in [0.15, 0.2) is 12.1 Å². The van der Waals surface area contributed by atoms with Gasteiger partial charge in [0.15, 0.2) is 11.6 Å². The molecule has 1 fully saturated rings. The minimum absolute atomic E-state index is 0.0297. The summed E-state index contributed by atoms with van der Waals surface area (Å²) in [7, 11) is 0. The predicted octanol–water partition coefficient (Wildman–Crippen LogP) is 3.86. The zero-order valence-corrected chi connectivity index (χ0v) is 10.9. The van der Waals surface area contributed by atoms with Gasteiger partial charge < -0.3 is 5.32 Å². The van der Waals surface area contributed by atoms with Crippen molar-refractivity contribution >= 4 is 11.4 Å². The molecular weight excluding hydrogens is 254 g/mol. The number of hydrogen-bond acceptors (Lipinski definition) is 3. The minimum Gasteiger partial charge on any atom is -0.377 e. The average molecular weight is 270 g/mol. The number of anilines is 1. The van der Waals surface area contributed by atoms with Crippen molar-refractivity contribution in [2.45, 2.75) is 39.2 Å². The molecule has 2 rings (SSSR count). The Morgan fingerprint density at radius 1 is 1.37 bits per heavy atom. The fourth-order valence-corrected chi connectivity index (χ4v) is 2.57. The molecule has 0 aromatic heterocycles. The van der Waals surface area contributed by atoms with E-state index in [0.29, 0.717) is 0 Å². The fraction of sp³-hybridized carbons (Fsp3) is 0.538. The lowest BCUT2D eigenvalue weighted by Crippen LogP contribution is -2.31. The first-order valence-corrected chi connectivity index (χ1v) is 6.21. The first-order valence-electron chi connectivity index (χ1n) is 6.21. The molecule has 1 saturated carbocycles. The maximum Gasteiger partial charge on any atom is 0.275 e. The molecule has 1 N–H and O–H groups in total. The van der Waals surface area contributed by atoms with E-state index in [0.717, 1.165) is 31.4 Å². The molecule has 1 atom stereocenters. The topological polar surface area (TPSA) is 55.2 Å². The third-order valence-electron chi connectivity index (χ3n) is 3.81. The van der Waals surface area contributed by atoms with Gasteiger partial charge in [-0.3, -0.25) is 10.1 Å². The molecule has 1 unspecified atom stereocenters. The molecule has 104 valence electrons. The number of non-ortho nitro benzene ring substituents is 1. The summed E-state index contributed by atoms with van der Waals surface area (Å²) in [6.45, 7) is 4.08. The molecule has 1 aromatic carbocycles. The SMILES string of the molecule is CC1(C)CCCC1Nc1c(F)cc([N+](=O)[O-])cc1F. The maximum absolute atomic E-state index is 13.8. The maximum atomic E-state index is 13.8. The summed E-state index contributed by atoms with van der Waals surface area (Å²) in [5, 5.41) is 13.4. The first-order chi connectivity index (χ1) is 8.81. The number of halogens is 2. The number of benzene rings is 1. The Kier molecular flexibility index (Phi) is 3.43. The monoisotopic (exact) mass is 270 g/mol. The summed E-state index contributed by atoms with van der Waals surface area (Å²) < 4.78 is 27.5. The van der Waals surface area contributed by atoms with E-state index in [-0.39, 0.29) is 17.1 Å². The Balaban J connectivity index is 2.28. The third kappa shape index (κ3) is 2.67. The van der Waals surface area contributed by atoms with Gasteiger partial charge in [0.1, 0.15) is 5.69 Å². The van der Waals surface area contributed by atoms with Gasteiger partial charge in [0.05, 0.1) is 17.1 Å². The smallest absolute Gasteiger partial charge is 0.275 e. The lowest BCUT2D eigenvalue weighted by molar-refractivity contribution is -0.385. The normalized spacial score (nSPS) is 21.4. The van der Waals surface area contributed by atoms with Gasteiger partial charge in [-0.25, -0.2) is 8.78 Å². The molecular formula is C13H16F2N2O2. The van der Waals surface area contributed by atoms with Gasteiger partial charge >= 0.3 is 0 Å². The summed E-state index contributed by atoms with van der Waals surface area (Å²) in [5.41, 5.74) is -0.891. The van der Waals surface area contributed by atoms with Crippen molar-refractivity contribution in [1.29, 1.82) is 0 Å². The second-order valence-corrected chi connectivity index (χ2v) is 5.62. The minimum atomic E-state index is -0.922. The Morgan fingerprint density at radius 3 is 2.37 bits per heavy atom. The summed E-state index contributed by atoms with van der Waals surface area (Å²) in [5.74, 6) is -1.84. The highest BCUT2D eigenvalue weighted by Gasteiger charge is 2.35. The highest BCUT2D eigenvalue weighted by atomic mass is 19.1. The number of nitro groups is 1. The van der Waals surface area contributed by atoms with Crippen LogP contribution in [-0.4, -0.2) is 11.0 Å². The van der Waals surface area contributed by atoms with Crippen LogP contribution in [0.2, 0.25) is 0 Å². The van der Waals surface area contributed by atoms with E-state index < -0.39 is 22.2 Å². The van der Waals surface area contributed by atoms with Gasteiger partial charge in [0.2, 0.25) is 0 Å². The second-order valence-electron chi connectivity index (χ2n) is 5.62. The highest BCUT2D eigenvalue weighted by Crippen LogP contribution is 2.40. The van der Waals surface area contributed by atoms with Crippen LogP contribution >= 0.6 is 0 Å². The van der Waals surface area contributed by atoms with Gasteiger partial charge in [0.25, 0.3) is 5.69 Å². The van der Waals surface area contributed by atoms with Crippen molar-refractivity contribution < 1.29 is 13.7 Å². The molecule has 4 nitrogen and oxygen atoms in total. The van der Waals surface area contributed by atoms with Gasteiger partial charge in [-0.05, 0) is 18.3 Å². The van der Waals surface area contributed by atoms with Crippen molar-refractivity contribution in [2.75, 3.05) is 5.32 Å². The standard InChI is InChI=1S/C13H16F2N2O2/c1-13(2)5-3-4-11(13)16-12-9(14)6-8(17(18)19)7-10(12)15/h6-7,11,16H,3-5H2,1-2H3. The van der Waals surface area contributed by atoms with E-state index in [1.165, 1.54) is 0 Å². The van der Waals surface area contributed by atoms with Gasteiger partial charge in [-0.15, -0.1) is 0 Å². The first kappa shape index (κ1) is 13.7. The third-order valence-corrected chi connectivity index (χ3v) is 3.81. The zero-order valence-electron chi connectivity index (χ0n) is 10.9. The average Bonchev–Trinajstić information content (AvgIpc) is 2.62. The van der Waals surface area contributed by atoms with E-state index in [1.807, 2.05) is 13.8 Å². The number of hydrogen-bond donors (Lipinski definition) is 1. The van der Waals surface area contributed by atoms with Crippen LogP contribution < -0.4 is 5.32 Å². The number of nitro benzene ring substituents is 1. The predicted molar refractivity (Wildman–Crippen MR) is 68.1 cm³/mol. The highest BCUT2D eigenvalue weighted by molar-refractivity contribution is 5.52. The largest absolute Gasteiger partial charge is 0.377 e. The van der Waals surface area contributed by atoms with Gasteiger partial charge in [0, 0.05) is 6.04 Å². The second kappa shape index (κ2) is 4.75. The van der Waals surface area contributed by atoms with Crippen LogP contribution in [0.4, 0.5) is 20.2 Å². The lowest BCUT2D eigenvalue weighted by atomic mass is 9.87. The molecule has 1 aromatic rings. The zero-order chi connectivity index (χ0) is 14.2. The summed E-state index contributed by atoms with van der Waals surface area (Å²) >= 11 is 0. The molecule has 1 aliphatic carbocycles. The van der Waals surface area contributed by atoms with Crippen LogP contribution in [-0.2, 0) is 0 Å². The lowest BCUT2D eigenvalue weighted by Gasteiger charge is -2.28. The van der Waals surface area contributed by atoms with E-state index in [2.05, 4.69) is 5.32 Å². The molecule has 0 radical (unpaired) electrons. The Morgan fingerprint density at radius 2 is 1.95 bits per heavy atom. The fourth-order valence-electron chi connectivity index (χ4n) is 2.57. The summed E-state index contributed by atoms with van der Waals surface area (Å²) in [4.78, 5) is 9.71. The van der Waals surface area contributed by atoms with E-state index in [9.17, 15) is 18.9 Å². The Labute approximate surface area is 110 Å². The van der Waals surface area contributed by atoms with Crippen molar-refractivity contribution in [3.8, 4) is 0 Å². The van der Waals surface area contributed by atoms with E-state index >= 15 is 0 Å². The van der Waals surface area contributed by atoms with Crippen LogP contribution in [0.1, 0.15) is 33.1 Å². The van der Waals surface area contributed by atoms with E-state index in [1.54, 1.807) is 0 Å². The molecule has 6 heteroatoms. The molecule has 0 bridgehead atoms. The van der Waals surface area contributed by atoms with Gasteiger partial charge in [-0.1, -0.05) is 20.3 Å². The van der Waals surface area contributed by atoms with Crippen LogP contribution in [0.3, 0.4) is 0 Å².